The van der Waals surface area contributed by atoms with Crippen molar-refractivity contribution in [3.8, 4) is 0 Å². The largest absolute Gasteiger partial charge is 0.383 e. The topological polar surface area (TPSA) is 47.7 Å². The molecule has 0 saturated heterocycles. The first-order chi connectivity index (χ1) is 8.17. The van der Waals surface area contributed by atoms with Gasteiger partial charge < -0.3 is 15.2 Å². The number of nitrogens with two attached hydrogens (primary N) is 1. The summed E-state index contributed by atoms with van der Waals surface area (Å²) in [6.45, 7) is 9.64. The van der Waals surface area contributed by atoms with Crippen LogP contribution in [0, 0.1) is 5.41 Å². The molecule has 0 aromatic carbocycles. The fraction of sp³-hybridized carbons (Fsp3) is 1.00. The molecule has 4 heteroatoms. The molecule has 4 nitrogen and oxygen atoms in total. The maximum absolute atomic E-state index is 5.95. The molecule has 0 bridgehead atoms. The zero-order valence-electron chi connectivity index (χ0n) is 12.0. The highest BCUT2D eigenvalue weighted by atomic mass is 16.5. The van der Waals surface area contributed by atoms with Crippen LogP contribution in [0.25, 0.3) is 0 Å². The summed E-state index contributed by atoms with van der Waals surface area (Å²) in [4.78, 5) is 2.40. The van der Waals surface area contributed by atoms with Crippen LogP contribution in [0.1, 0.15) is 26.7 Å². The molecular formula is C13H30N2O2. The maximum Gasteiger partial charge on any atom is 0.0589 e. The van der Waals surface area contributed by atoms with E-state index in [2.05, 4.69) is 18.7 Å². The van der Waals surface area contributed by atoms with Crippen molar-refractivity contribution < 1.29 is 9.47 Å². The van der Waals surface area contributed by atoms with Gasteiger partial charge in [0, 0.05) is 33.9 Å². The highest BCUT2D eigenvalue weighted by Crippen LogP contribution is 2.26. The number of methoxy groups -OCH3 is 2. The summed E-state index contributed by atoms with van der Waals surface area (Å²) in [7, 11) is 3.48. The first-order valence-corrected chi connectivity index (χ1v) is 6.58. The lowest BCUT2D eigenvalue weighted by atomic mass is 9.82. The highest BCUT2D eigenvalue weighted by Gasteiger charge is 2.26. The zero-order chi connectivity index (χ0) is 13.1. The summed E-state index contributed by atoms with van der Waals surface area (Å²) in [6.07, 6.45) is 2.24. The molecular weight excluding hydrogens is 216 g/mol. The van der Waals surface area contributed by atoms with E-state index in [-0.39, 0.29) is 5.41 Å². The number of ether oxygens (including phenoxy) is 2. The lowest BCUT2D eigenvalue weighted by Gasteiger charge is -2.36. The van der Waals surface area contributed by atoms with E-state index in [1.165, 1.54) is 0 Å². The van der Waals surface area contributed by atoms with Crippen molar-refractivity contribution in [3.63, 3.8) is 0 Å². The van der Waals surface area contributed by atoms with E-state index in [4.69, 9.17) is 15.2 Å². The van der Waals surface area contributed by atoms with Crippen LogP contribution in [0.2, 0.25) is 0 Å². The zero-order valence-corrected chi connectivity index (χ0v) is 12.0. The van der Waals surface area contributed by atoms with Crippen LogP contribution in [0.5, 0.6) is 0 Å². The Balaban J connectivity index is 4.34. The first-order valence-electron chi connectivity index (χ1n) is 6.58. The normalized spacial score (nSPS) is 12.4. The van der Waals surface area contributed by atoms with Gasteiger partial charge in [0.05, 0.1) is 13.2 Å². The van der Waals surface area contributed by atoms with E-state index >= 15 is 0 Å². The van der Waals surface area contributed by atoms with Gasteiger partial charge >= 0.3 is 0 Å². The van der Waals surface area contributed by atoms with Crippen molar-refractivity contribution in [1.82, 2.24) is 4.90 Å². The fourth-order valence-electron chi connectivity index (χ4n) is 2.01. The maximum atomic E-state index is 5.95. The van der Waals surface area contributed by atoms with Crippen LogP contribution in [0.4, 0.5) is 0 Å². The summed E-state index contributed by atoms with van der Waals surface area (Å²) in [5, 5.41) is 0. The quantitative estimate of drug-likeness (QED) is 0.598. The Kier molecular flexibility index (Phi) is 9.74. The number of rotatable bonds is 11. The van der Waals surface area contributed by atoms with Crippen molar-refractivity contribution in [2.24, 2.45) is 11.1 Å². The molecule has 0 rings (SSSR count). The second-order valence-corrected chi connectivity index (χ2v) is 4.67. The van der Waals surface area contributed by atoms with E-state index in [0.29, 0.717) is 0 Å². The monoisotopic (exact) mass is 246 g/mol. The molecule has 0 aliphatic carbocycles. The van der Waals surface area contributed by atoms with Gasteiger partial charge in [-0.15, -0.1) is 0 Å². The van der Waals surface area contributed by atoms with Gasteiger partial charge in [-0.25, -0.2) is 0 Å². The Hall–Kier alpha value is -0.160. The average molecular weight is 246 g/mol. The number of hydrogen-bond acceptors (Lipinski definition) is 4. The Labute approximate surface area is 106 Å². The van der Waals surface area contributed by atoms with Crippen molar-refractivity contribution in [2.75, 3.05) is 53.6 Å². The Morgan fingerprint density at radius 3 is 1.76 bits per heavy atom. The summed E-state index contributed by atoms with van der Waals surface area (Å²) in [6, 6.07) is 0. The number of hydrogen-bond donors (Lipinski definition) is 1. The minimum absolute atomic E-state index is 0.238. The second kappa shape index (κ2) is 9.83. The summed E-state index contributed by atoms with van der Waals surface area (Å²) >= 11 is 0. The minimum atomic E-state index is 0.238. The third-order valence-corrected chi connectivity index (χ3v) is 3.72. The van der Waals surface area contributed by atoms with Gasteiger partial charge in [0.1, 0.15) is 0 Å². The van der Waals surface area contributed by atoms with Gasteiger partial charge in [0.15, 0.2) is 0 Å². The molecule has 0 heterocycles. The molecule has 0 unspecified atom stereocenters. The van der Waals surface area contributed by atoms with Gasteiger partial charge in [-0.3, -0.25) is 4.90 Å². The standard InChI is InChI=1S/C13H30N2O2/c1-5-13(6-2,11-14)12-15(7-9-16-3)8-10-17-4/h5-12,14H2,1-4H3. The SMILES string of the molecule is CCC(CC)(CN)CN(CCOC)CCOC. The van der Waals surface area contributed by atoms with Gasteiger partial charge in [-0.05, 0) is 24.8 Å². The smallest absolute Gasteiger partial charge is 0.0589 e. The Morgan fingerprint density at radius 2 is 1.47 bits per heavy atom. The molecule has 0 fully saturated rings. The molecule has 0 atom stereocenters. The lowest BCUT2D eigenvalue weighted by molar-refractivity contribution is 0.0774. The Bertz CT molecular complexity index is 157. The van der Waals surface area contributed by atoms with Crippen LogP contribution >= 0.6 is 0 Å². The third kappa shape index (κ3) is 6.36. The predicted octanol–water partition coefficient (Wildman–Crippen LogP) is 1.35. The number of nitrogens with zero attached hydrogens (tertiary/aromatic N) is 1. The second-order valence-electron chi connectivity index (χ2n) is 4.67. The van der Waals surface area contributed by atoms with Gasteiger partial charge in [-0.2, -0.15) is 0 Å². The molecule has 0 saturated carbocycles. The molecule has 0 aliphatic rings. The first kappa shape index (κ1) is 16.8. The fourth-order valence-corrected chi connectivity index (χ4v) is 2.01. The molecule has 0 spiro atoms. The van der Waals surface area contributed by atoms with E-state index < -0.39 is 0 Å². The van der Waals surface area contributed by atoms with Gasteiger partial charge in [0.2, 0.25) is 0 Å². The molecule has 0 amide bonds. The van der Waals surface area contributed by atoms with E-state index in [1.807, 2.05) is 0 Å². The summed E-state index contributed by atoms with van der Waals surface area (Å²) in [5.41, 5.74) is 6.18. The molecule has 0 aliphatic heterocycles. The van der Waals surface area contributed by atoms with Crippen LogP contribution in [-0.4, -0.2) is 58.5 Å². The van der Waals surface area contributed by atoms with Crippen LogP contribution < -0.4 is 5.73 Å². The van der Waals surface area contributed by atoms with E-state index in [9.17, 15) is 0 Å². The summed E-state index contributed by atoms with van der Waals surface area (Å²) in [5.74, 6) is 0. The summed E-state index contributed by atoms with van der Waals surface area (Å²) < 4.78 is 10.3. The molecule has 0 aromatic heterocycles. The van der Waals surface area contributed by atoms with Crippen molar-refractivity contribution >= 4 is 0 Å². The van der Waals surface area contributed by atoms with Crippen LogP contribution in [0.3, 0.4) is 0 Å². The average Bonchev–Trinajstić information content (AvgIpc) is 2.38. The lowest BCUT2D eigenvalue weighted by Crippen LogP contribution is -2.44. The molecule has 2 N–H and O–H groups in total. The molecule has 104 valence electrons. The van der Waals surface area contributed by atoms with Crippen molar-refractivity contribution in [1.29, 1.82) is 0 Å². The molecule has 17 heavy (non-hydrogen) atoms. The predicted molar refractivity (Wildman–Crippen MR) is 72.3 cm³/mol. The van der Waals surface area contributed by atoms with Crippen LogP contribution in [0.15, 0.2) is 0 Å². The minimum Gasteiger partial charge on any atom is -0.383 e. The van der Waals surface area contributed by atoms with Crippen molar-refractivity contribution in [3.05, 3.63) is 0 Å². The highest BCUT2D eigenvalue weighted by molar-refractivity contribution is 4.81. The Morgan fingerprint density at radius 1 is 1.00 bits per heavy atom. The van der Waals surface area contributed by atoms with Crippen LogP contribution in [-0.2, 0) is 9.47 Å². The van der Waals surface area contributed by atoms with E-state index in [1.54, 1.807) is 14.2 Å². The molecule has 0 radical (unpaired) electrons. The van der Waals surface area contributed by atoms with Crippen molar-refractivity contribution in [2.45, 2.75) is 26.7 Å². The molecule has 0 aromatic rings. The third-order valence-electron chi connectivity index (χ3n) is 3.72. The van der Waals surface area contributed by atoms with Gasteiger partial charge in [-0.1, -0.05) is 13.8 Å². The van der Waals surface area contributed by atoms with E-state index in [0.717, 1.165) is 52.2 Å². The van der Waals surface area contributed by atoms with Gasteiger partial charge in [0.25, 0.3) is 0 Å².